The van der Waals surface area contributed by atoms with Gasteiger partial charge in [0, 0.05) is 48.7 Å². The number of thiazole rings is 1. The smallest absolute Gasteiger partial charge is 0.407 e. The molecule has 0 spiro atoms. The van der Waals surface area contributed by atoms with E-state index < -0.39 is 27.7 Å². The molecule has 0 unspecified atom stereocenters. The van der Waals surface area contributed by atoms with Gasteiger partial charge in [0.05, 0.1) is 15.9 Å². The molecule has 4 rings (SSSR count). The van der Waals surface area contributed by atoms with E-state index in [9.17, 15) is 18.0 Å². The Balaban J connectivity index is 1.50. The monoisotopic (exact) mass is 628 g/mol. The van der Waals surface area contributed by atoms with Crippen molar-refractivity contribution >= 4 is 44.3 Å². The van der Waals surface area contributed by atoms with E-state index in [4.69, 9.17) is 4.74 Å². The summed E-state index contributed by atoms with van der Waals surface area (Å²) in [6, 6.07) is 13.9. The van der Waals surface area contributed by atoms with Crippen LogP contribution in [-0.2, 0) is 21.3 Å². The summed E-state index contributed by atoms with van der Waals surface area (Å²) in [6.07, 6.45) is 2.57. The number of ether oxygens (including phenoxy) is 1. The Kier molecular flexibility index (Phi) is 10.3. The molecule has 43 heavy (non-hydrogen) atoms. The van der Waals surface area contributed by atoms with Gasteiger partial charge in [-0.3, -0.25) is 0 Å². The number of sulfonamides is 1. The maximum absolute atomic E-state index is 13.6. The molecule has 232 valence electrons. The molecule has 3 aromatic rings. The van der Waals surface area contributed by atoms with Gasteiger partial charge in [0.1, 0.15) is 0 Å². The summed E-state index contributed by atoms with van der Waals surface area (Å²) in [4.78, 5) is 32.0. The lowest BCUT2D eigenvalue weighted by molar-refractivity contribution is 0.111. The number of anilines is 2. The Morgan fingerprint density at radius 2 is 1.79 bits per heavy atom. The summed E-state index contributed by atoms with van der Waals surface area (Å²) < 4.78 is 35.1. The van der Waals surface area contributed by atoms with Gasteiger partial charge in [-0.05, 0) is 65.2 Å². The Labute approximate surface area is 257 Å². The van der Waals surface area contributed by atoms with Gasteiger partial charge in [-0.25, -0.2) is 27.7 Å². The maximum Gasteiger partial charge on any atom is 0.407 e. The number of amides is 3. The molecule has 1 fully saturated rings. The molecule has 0 radical (unpaired) electrons. The molecule has 13 heteroatoms. The molecule has 0 aliphatic carbocycles. The number of carbonyl (C=O) groups excluding carboxylic acids is 2. The van der Waals surface area contributed by atoms with E-state index in [0.29, 0.717) is 35.8 Å². The van der Waals surface area contributed by atoms with Crippen molar-refractivity contribution in [3.63, 3.8) is 0 Å². The number of benzene rings is 2. The average molecular weight is 629 g/mol. The van der Waals surface area contributed by atoms with Crippen LogP contribution >= 0.6 is 11.3 Å². The lowest BCUT2D eigenvalue weighted by Gasteiger charge is -2.32. The van der Waals surface area contributed by atoms with Crippen LogP contribution in [0, 0.1) is 0 Å². The van der Waals surface area contributed by atoms with E-state index in [1.54, 1.807) is 39.1 Å². The number of nitrogens with one attached hydrogen (secondary N) is 4. The van der Waals surface area contributed by atoms with Gasteiger partial charge in [0.15, 0.2) is 5.13 Å². The Morgan fingerprint density at radius 3 is 2.44 bits per heavy atom. The molecule has 4 N–H and O–H groups in total. The van der Waals surface area contributed by atoms with Crippen molar-refractivity contribution < 1.29 is 22.7 Å². The van der Waals surface area contributed by atoms with Gasteiger partial charge < -0.3 is 25.6 Å². The SMILES string of the molecule is CC(C)OC(=O)NC1CCN(c2ncc(-c3ccc(NC(=O)NCc4ccccc4)cc3S(=O)(=O)NC(C)(C)C)s2)CC1. The quantitative estimate of drug-likeness (QED) is 0.252. The van der Waals surface area contributed by atoms with Gasteiger partial charge in [-0.15, -0.1) is 0 Å². The van der Waals surface area contributed by atoms with E-state index in [-0.39, 0.29) is 17.0 Å². The zero-order valence-electron chi connectivity index (χ0n) is 25.1. The molecule has 2 aromatic carbocycles. The fraction of sp³-hybridized carbons (Fsp3) is 0.433. The first-order valence-electron chi connectivity index (χ1n) is 14.2. The van der Waals surface area contributed by atoms with E-state index in [1.165, 1.54) is 17.4 Å². The number of alkyl carbamates (subject to hydrolysis) is 1. The number of carbonyl (C=O) groups is 2. The summed E-state index contributed by atoms with van der Waals surface area (Å²) >= 11 is 1.40. The van der Waals surface area contributed by atoms with Crippen LogP contribution in [0.3, 0.4) is 0 Å². The third kappa shape index (κ3) is 9.40. The molecule has 11 nitrogen and oxygen atoms in total. The van der Waals surface area contributed by atoms with Gasteiger partial charge in [-0.2, -0.15) is 0 Å². The number of hydrogen-bond acceptors (Lipinski definition) is 8. The van der Waals surface area contributed by atoms with Gasteiger partial charge in [-0.1, -0.05) is 47.7 Å². The molecule has 2 heterocycles. The second-order valence-corrected chi connectivity index (χ2v) is 14.4. The predicted octanol–water partition coefficient (Wildman–Crippen LogP) is 5.31. The van der Waals surface area contributed by atoms with Crippen LogP contribution in [-0.4, -0.2) is 56.3 Å². The lowest BCUT2D eigenvalue weighted by atomic mass is 10.1. The third-order valence-electron chi connectivity index (χ3n) is 6.45. The van der Waals surface area contributed by atoms with Gasteiger partial charge in [0.25, 0.3) is 0 Å². The number of nitrogens with zero attached hydrogens (tertiary/aromatic N) is 2. The normalized spacial score (nSPS) is 14.4. The minimum atomic E-state index is -3.96. The maximum atomic E-state index is 13.6. The standard InChI is InChI=1S/C30H40N6O5S2/c1-20(2)41-29(38)34-22-13-15-36(16-14-22)28-32-19-25(42-28)24-12-11-23(17-26(24)43(39,40)35-30(3,4)5)33-27(37)31-18-21-9-7-6-8-10-21/h6-12,17,19-20,22,35H,13-16,18H2,1-5H3,(H,34,38)(H2,31,33,37). The zero-order valence-corrected chi connectivity index (χ0v) is 26.8. The average Bonchev–Trinajstić information content (AvgIpc) is 3.41. The number of piperidine rings is 1. The summed E-state index contributed by atoms with van der Waals surface area (Å²) in [7, 11) is -3.96. The molecule has 0 saturated carbocycles. The summed E-state index contributed by atoms with van der Waals surface area (Å²) in [5.74, 6) is 0. The van der Waals surface area contributed by atoms with E-state index in [1.807, 2.05) is 44.2 Å². The van der Waals surface area contributed by atoms with Crippen molar-refractivity contribution in [3.8, 4) is 10.4 Å². The third-order valence-corrected chi connectivity index (χ3v) is 9.34. The van der Waals surface area contributed by atoms with Gasteiger partial charge >= 0.3 is 12.1 Å². The fourth-order valence-electron chi connectivity index (χ4n) is 4.60. The minimum Gasteiger partial charge on any atom is -0.447 e. The van der Waals surface area contributed by atoms with Crippen molar-refractivity contribution in [2.45, 2.75) is 76.6 Å². The van der Waals surface area contributed by atoms with Crippen LogP contribution < -0.4 is 25.6 Å². The highest BCUT2D eigenvalue weighted by atomic mass is 32.2. The van der Waals surface area contributed by atoms with Gasteiger partial charge in [0.2, 0.25) is 10.0 Å². The van der Waals surface area contributed by atoms with Crippen LogP contribution in [0.2, 0.25) is 0 Å². The van der Waals surface area contributed by atoms with E-state index >= 15 is 0 Å². The fourth-order valence-corrected chi connectivity index (χ4v) is 7.34. The van der Waals surface area contributed by atoms with E-state index in [2.05, 4.69) is 30.6 Å². The summed E-state index contributed by atoms with van der Waals surface area (Å²) in [5, 5.41) is 9.23. The molecule has 1 aliphatic heterocycles. The van der Waals surface area contributed by atoms with Crippen LogP contribution in [0.1, 0.15) is 53.0 Å². The van der Waals surface area contributed by atoms with Crippen LogP contribution in [0.15, 0.2) is 59.6 Å². The Bertz CT molecular complexity index is 1510. The second-order valence-electron chi connectivity index (χ2n) is 11.7. The van der Waals surface area contributed by atoms with Crippen molar-refractivity contribution in [1.82, 2.24) is 20.3 Å². The molecular weight excluding hydrogens is 589 g/mol. The molecule has 1 aliphatic rings. The lowest BCUT2D eigenvalue weighted by Crippen LogP contribution is -2.45. The molecule has 0 atom stereocenters. The summed E-state index contributed by atoms with van der Waals surface area (Å²) in [6.45, 7) is 10.7. The topological polar surface area (TPSA) is 142 Å². The molecular formula is C30H40N6O5S2. The Morgan fingerprint density at radius 1 is 1.09 bits per heavy atom. The predicted molar refractivity (Wildman–Crippen MR) is 170 cm³/mol. The zero-order chi connectivity index (χ0) is 31.2. The number of aromatic nitrogens is 1. The van der Waals surface area contributed by atoms with Crippen LogP contribution in [0.25, 0.3) is 10.4 Å². The highest BCUT2D eigenvalue weighted by molar-refractivity contribution is 7.89. The van der Waals surface area contributed by atoms with Crippen LogP contribution in [0.4, 0.5) is 20.4 Å². The van der Waals surface area contributed by atoms with E-state index in [0.717, 1.165) is 23.5 Å². The highest BCUT2D eigenvalue weighted by Gasteiger charge is 2.28. The largest absolute Gasteiger partial charge is 0.447 e. The molecule has 1 saturated heterocycles. The minimum absolute atomic E-state index is 0.0205. The highest BCUT2D eigenvalue weighted by Crippen LogP contribution is 2.37. The number of hydrogen-bond donors (Lipinski definition) is 4. The van der Waals surface area contributed by atoms with Crippen molar-refractivity contribution in [2.75, 3.05) is 23.3 Å². The van der Waals surface area contributed by atoms with Crippen molar-refractivity contribution in [1.29, 1.82) is 0 Å². The number of urea groups is 1. The Hall–Kier alpha value is -3.68. The first kappa shape index (κ1) is 32.2. The molecule has 1 aromatic heterocycles. The molecule has 0 bridgehead atoms. The molecule has 3 amide bonds. The first-order chi connectivity index (χ1) is 20.3. The van der Waals surface area contributed by atoms with Crippen molar-refractivity contribution in [3.05, 3.63) is 60.3 Å². The van der Waals surface area contributed by atoms with Crippen molar-refractivity contribution in [2.24, 2.45) is 0 Å². The number of rotatable bonds is 9. The first-order valence-corrected chi connectivity index (χ1v) is 16.5. The second kappa shape index (κ2) is 13.7. The summed E-state index contributed by atoms with van der Waals surface area (Å²) in [5.41, 5.74) is 1.06. The van der Waals surface area contributed by atoms with Crippen LogP contribution in [0.5, 0.6) is 0 Å².